The number of hydrogen-bond acceptors (Lipinski definition) is 2. The number of nitrogens with one attached hydrogen (secondary N) is 1. The first-order chi connectivity index (χ1) is 11.3. The van der Waals surface area contributed by atoms with Crippen molar-refractivity contribution in [2.24, 2.45) is 0 Å². The van der Waals surface area contributed by atoms with Crippen LogP contribution in [0.5, 0.6) is 0 Å². The number of H-pyrrole nitrogens is 1. The van der Waals surface area contributed by atoms with Crippen LogP contribution in [0.2, 0.25) is 0 Å². The summed E-state index contributed by atoms with van der Waals surface area (Å²) in [6.07, 6.45) is 26.2. The Balaban J connectivity index is 1.83. The topological polar surface area (TPSA) is 54.7 Å². The van der Waals surface area contributed by atoms with Crippen LogP contribution < -0.4 is 5.73 Å². The van der Waals surface area contributed by atoms with Crippen molar-refractivity contribution in [3.05, 3.63) is 36.2 Å². The van der Waals surface area contributed by atoms with Crippen molar-refractivity contribution in [1.29, 1.82) is 0 Å². The molecule has 0 atom stereocenters. The molecule has 0 radical (unpaired) electrons. The molecule has 3 heteroatoms. The number of allylic oxidation sites excluding steroid dienone is 4. The Morgan fingerprint density at radius 2 is 1.57 bits per heavy atom. The van der Waals surface area contributed by atoms with Crippen LogP contribution in [-0.4, -0.2) is 9.97 Å². The zero-order valence-electron chi connectivity index (χ0n) is 14.9. The van der Waals surface area contributed by atoms with Crippen molar-refractivity contribution in [3.8, 4) is 0 Å². The van der Waals surface area contributed by atoms with Crippen LogP contribution in [0, 0.1) is 0 Å². The second-order valence-corrected chi connectivity index (χ2v) is 6.27. The maximum atomic E-state index is 5.56. The van der Waals surface area contributed by atoms with Crippen LogP contribution in [0.4, 0.5) is 5.95 Å². The molecule has 23 heavy (non-hydrogen) atoms. The lowest BCUT2D eigenvalue weighted by atomic mass is 10.1. The van der Waals surface area contributed by atoms with Gasteiger partial charge in [-0.15, -0.1) is 0 Å². The number of nitrogens with zero attached hydrogens (tertiary/aromatic N) is 1. The highest BCUT2D eigenvalue weighted by atomic mass is 15.0. The molecule has 3 N–H and O–H groups in total. The molecule has 0 saturated carbocycles. The monoisotopic (exact) mass is 317 g/mol. The van der Waals surface area contributed by atoms with E-state index in [1.807, 2.05) is 6.20 Å². The van der Waals surface area contributed by atoms with Gasteiger partial charge in [-0.1, -0.05) is 63.3 Å². The van der Waals surface area contributed by atoms with Gasteiger partial charge in [0.15, 0.2) is 5.95 Å². The lowest BCUT2D eigenvalue weighted by Gasteiger charge is -1.99. The Kier molecular flexibility index (Phi) is 12.0. The van der Waals surface area contributed by atoms with Crippen molar-refractivity contribution in [1.82, 2.24) is 9.97 Å². The smallest absolute Gasteiger partial charge is 0.197 e. The number of aryl methyl sites for hydroxylation is 1. The molecular weight excluding hydrogens is 282 g/mol. The van der Waals surface area contributed by atoms with Gasteiger partial charge in [-0.3, -0.25) is 0 Å². The van der Waals surface area contributed by atoms with Gasteiger partial charge in [0, 0.05) is 5.69 Å². The number of rotatable bonds is 14. The molecule has 1 aromatic rings. The minimum absolute atomic E-state index is 0.530. The number of aromatic amines is 1. The molecule has 0 fully saturated rings. The average molecular weight is 318 g/mol. The standard InChI is InChI=1S/C20H35N3/c1-2-3-4-5-6-7-8-9-10-11-12-13-14-15-16-17-19-18-22-20(21)23-19/h6-7,9-10,18H,2-5,8,11-17H2,1H3,(H3,21,22,23)/b7-6-,10-9-. The molecule has 0 aliphatic rings. The molecule has 1 heterocycles. The van der Waals surface area contributed by atoms with E-state index in [0.717, 1.165) is 18.5 Å². The van der Waals surface area contributed by atoms with Gasteiger partial charge in [0.1, 0.15) is 0 Å². The second kappa shape index (κ2) is 14.1. The van der Waals surface area contributed by atoms with Crippen LogP contribution in [0.15, 0.2) is 30.5 Å². The van der Waals surface area contributed by atoms with Crippen molar-refractivity contribution in [2.75, 3.05) is 5.73 Å². The fourth-order valence-electron chi connectivity index (χ4n) is 2.63. The summed E-state index contributed by atoms with van der Waals surface area (Å²) in [6.45, 7) is 2.25. The number of nitrogens with two attached hydrogens (primary N) is 1. The van der Waals surface area contributed by atoms with Crippen LogP contribution in [0.1, 0.15) is 83.2 Å². The highest BCUT2D eigenvalue weighted by Crippen LogP contribution is 2.09. The highest BCUT2D eigenvalue weighted by molar-refractivity contribution is 5.18. The van der Waals surface area contributed by atoms with Gasteiger partial charge in [-0.05, 0) is 44.9 Å². The normalized spacial score (nSPS) is 11.9. The maximum absolute atomic E-state index is 5.56. The quantitative estimate of drug-likeness (QED) is 0.328. The lowest BCUT2D eigenvalue weighted by molar-refractivity contribution is 0.615. The molecule has 0 aliphatic heterocycles. The van der Waals surface area contributed by atoms with E-state index in [2.05, 4.69) is 41.2 Å². The van der Waals surface area contributed by atoms with E-state index in [9.17, 15) is 0 Å². The molecule has 1 aromatic heterocycles. The summed E-state index contributed by atoms with van der Waals surface area (Å²) in [7, 11) is 0. The third-order valence-electron chi connectivity index (χ3n) is 4.04. The Hall–Kier alpha value is -1.51. The fourth-order valence-corrected chi connectivity index (χ4v) is 2.63. The first kappa shape index (κ1) is 19.5. The van der Waals surface area contributed by atoms with Crippen molar-refractivity contribution < 1.29 is 0 Å². The zero-order valence-corrected chi connectivity index (χ0v) is 14.9. The molecule has 0 saturated heterocycles. The van der Waals surface area contributed by atoms with Crippen LogP contribution >= 0.6 is 0 Å². The molecule has 1 rings (SSSR count). The van der Waals surface area contributed by atoms with Gasteiger partial charge < -0.3 is 10.7 Å². The SMILES string of the molecule is CCCCC/C=C\C/C=C\CCCCCCCc1cnc(N)[nH]1. The van der Waals surface area contributed by atoms with Gasteiger partial charge in [0.05, 0.1) is 6.20 Å². The zero-order chi connectivity index (χ0) is 16.6. The summed E-state index contributed by atoms with van der Waals surface area (Å²) in [6, 6.07) is 0. The predicted molar refractivity (Wildman–Crippen MR) is 101 cm³/mol. The fraction of sp³-hybridized carbons (Fsp3) is 0.650. The van der Waals surface area contributed by atoms with Crippen molar-refractivity contribution in [2.45, 2.75) is 84.0 Å². The Labute approximate surface area is 142 Å². The van der Waals surface area contributed by atoms with E-state index in [-0.39, 0.29) is 0 Å². The molecule has 0 amide bonds. The summed E-state index contributed by atoms with van der Waals surface area (Å²) in [5.41, 5.74) is 6.72. The van der Waals surface area contributed by atoms with Crippen molar-refractivity contribution >= 4 is 5.95 Å². The van der Waals surface area contributed by atoms with E-state index in [1.54, 1.807) is 0 Å². The van der Waals surface area contributed by atoms with E-state index in [4.69, 9.17) is 5.73 Å². The van der Waals surface area contributed by atoms with Gasteiger partial charge in [0.2, 0.25) is 0 Å². The van der Waals surface area contributed by atoms with Gasteiger partial charge >= 0.3 is 0 Å². The molecule has 0 aromatic carbocycles. The third-order valence-corrected chi connectivity index (χ3v) is 4.04. The summed E-state index contributed by atoms with van der Waals surface area (Å²) in [4.78, 5) is 7.09. The Bertz CT molecular complexity index is 432. The van der Waals surface area contributed by atoms with E-state index >= 15 is 0 Å². The number of unbranched alkanes of at least 4 members (excludes halogenated alkanes) is 8. The number of anilines is 1. The largest absolute Gasteiger partial charge is 0.369 e. The van der Waals surface area contributed by atoms with E-state index < -0.39 is 0 Å². The van der Waals surface area contributed by atoms with E-state index in [0.29, 0.717) is 5.95 Å². The van der Waals surface area contributed by atoms with Gasteiger partial charge in [0.25, 0.3) is 0 Å². The Morgan fingerprint density at radius 1 is 0.913 bits per heavy atom. The maximum Gasteiger partial charge on any atom is 0.197 e. The lowest BCUT2D eigenvalue weighted by Crippen LogP contribution is -1.89. The summed E-state index contributed by atoms with van der Waals surface area (Å²) in [5.74, 6) is 0.530. The molecule has 3 nitrogen and oxygen atoms in total. The molecule has 0 spiro atoms. The number of hydrogen-bond donors (Lipinski definition) is 2. The Morgan fingerprint density at radius 3 is 2.22 bits per heavy atom. The first-order valence-electron chi connectivity index (χ1n) is 9.42. The third kappa shape index (κ3) is 11.7. The van der Waals surface area contributed by atoms with Crippen LogP contribution in [0.25, 0.3) is 0 Å². The minimum Gasteiger partial charge on any atom is -0.369 e. The highest BCUT2D eigenvalue weighted by Gasteiger charge is 1.97. The molecular formula is C20H35N3. The number of aromatic nitrogens is 2. The summed E-state index contributed by atoms with van der Waals surface area (Å²) >= 11 is 0. The molecule has 0 aliphatic carbocycles. The number of imidazole rings is 1. The molecule has 130 valence electrons. The molecule has 0 bridgehead atoms. The summed E-state index contributed by atoms with van der Waals surface area (Å²) < 4.78 is 0. The second-order valence-electron chi connectivity index (χ2n) is 6.27. The van der Waals surface area contributed by atoms with Gasteiger partial charge in [-0.2, -0.15) is 0 Å². The van der Waals surface area contributed by atoms with E-state index in [1.165, 1.54) is 64.2 Å². The molecule has 0 unspecified atom stereocenters. The average Bonchev–Trinajstić information content (AvgIpc) is 2.96. The first-order valence-corrected chi connectivity index (χ1v) is 9.42. The van der Waals surface area contributed by atoms with Crippen LogP contribution in [0.3, 0.4) is 0 Å². The van der Waals surface area contributed by atoms with Gasteiger partial charge in [-0.25, -0.2) is 4.98 Å². The number of nitrogen functional groups attached to an aromatic ring is 1. The minimum atomic E-state index is 0.530. The van der Waals surface area contributed by atoms with Crippen LogP contribution in [-0.2, 0) is 6.42 Å². The predicted octanol–water partition coefficient (Wildman–Crippen LogP) is 5.96. The summed E-state index contributed by atoms with van der Waals surface area (Å²) in [5, 5.41) is 0. The van der Waals surface area contributed by atoms with Crippen molar-refractivity contribution in [3.63, 3.8) is 0 Å².